The molecular weight excluding hydrogens is 315 g/mol. The van der Waals surface area contributed by atoms with Crippen LogP contribution in [0.5, 0.6) is 0 Å². The fraction of sp³-hybridized carbons (Fsp3) is 0.500. The largest absolute Gasteiger partial charge is 0.469 e. The molecule has 0 unspecified atom stereocenters. The number of carbonyl (C=O) groups excluding carboxylic acids is 3. The van der Waals surface area contributed by atoms with Crippen molar-refractivity contribution in [3.8, 4) is 0 Å². The van der Waals surface area contributed by atoms with Gasteiger partial charge in [0.1, 0.15) is 5.82 Å². The number of hydrogen-bond acceptors (Lipinski definition) is 5. The molecule has 0 saturated carbocycles. The number of benzene rings is 1. The van der Waals surface area contributed by atoms with E-state index < -0.39 is 17.2 Å². The van der Waals surface area contributed by atoms with Crippen LogP contribution in [0.25, 0.3) is 0 Å². The molecule has 0 bridgehead atoms. The molecule has 1 aromatic rings. The molecule has 130 valence electrons. The average molecular weight is 336 g/mol. The van der Waals surface area contributed by atoms with Crippen LogP contribution in [0.1, 0.15) is 48.0 Å². The number of carbonyl (C=O) groups is 3. The molecule has 0 amide bonds. The Bertz CT molecular complexity index is 655. The third-order valence-electron chi connectivity index (χ3n) is 4.67. The van der Waals surface area contributed by atoms with Gasteiger partial charge in [0.2, 0.25) is 0 Å². The van der Waals surface area contributed by atoms with Crippen molar-refractivity contribution in [2.24, 2.45) is 5.41 Å². The lowest BCUT2D eigenvalue weighted by molar-refractivity contribution is -0.143. The van der Waals surface area contributed by atoms with Crippen LogP contribution < -0.4 is 0 Å². The molecule has 0 heterocycles. The van der Waals surface area contributed by atoms with Gasteiger partial charge in [0, 0.05) is 17.4 Å². The summed E-state index contributed by atoms with van der Waals surface area (Å²) in [4.78, 5) is 36.1. The highest BCUT2D eigenvalue weighted by Gasteiger charge is 2.44. The lowest BCUT2D eigenvalue weighted by atomic mass is 9.66. The summed E-state index contributed by atoms with van der Waals surface area (Å²) in [7, 11) is 2.57. The number of halogens is 1. The van der Waals surface area contributed by atoms with Gasteiger partial charge in [0.25, 0.3) is 0 Å². The lowest BCUT2D eigenvalue weighted by Gasteiger charge is -2.36. The van der Waals surface area contributed by atoms with Crippen LogP contribution >= 0.6 is 0 Å². The Hall–Kier alpha value is -2.24. The molecular formula is C18H21FO5. The monoisotopic (exact) mass is 336 g/mol. The number of Topliss-reactive ketones (excluding diaryl/α,β-unsaturated/α-hetero) is 1. The minimum absolute atomic E-state index is 0.0700. The number of ether oxygens (including phenoxy) is 2. The van der Waals surface area contributed by atoms with Crippen molar-refractivity contribution in [3.63, 3.8) is 0 Å². The van der Waals surface area contributed by atoms with Crippen molar-refractivity contribution in [3.05, 3.63) is 35.1 Å². The van der Waals surface area contributed by atoms with Gasteiger partial charge in [-0.1, -0.05) is 12.1 Å². The zero-order chi connectivity index (χ0) is 17.7. The van der Waals surface area contributed by atoms with E-state index in [1.807, 2.05) is 0 Å². The Labute approximate surface area is 140 Å². The van der Waals surface area contributed by atoms with Gasteiger partial charge in [0.05, 0.1) is 20.6 Å². The summed E-state index contributed by atoms with van der Waals surface area (Å²) in [5.41, 5.74) is -0.235. The molecule has 0 aromatic heterocycles. The third kappa shape index (κ3) is 3.63. The Morgan fingerprint density at radius 1 is 1.21 bits per heavy atom. The van der Waals surface area contributed by atoms with Crippen molar-refractivity contribution in [1.29, 1.82) is 0 Å². The maximum absolute atomic E-state index is 13.9. The molecule has 5 nitrogen and oxygen atoms in total. The standard InChI is InChI=1S/C18H21FO5/c1-23-15(20)7-4-9-18(11-16(21)24-2)10-8-12-13(17(18)22)5-3-6-14(12)19/h3,5-6H,4,7-11H2,1-2H3/t18-/m0/s1. The molecule has 1 atom stereocenters. The van der Waals surface area contributed by atoms with Crippen molar-refractivity contribution in [1.82, 2.24) is 0 Å². The van der Waals surface area contributed by atoms with Gasteiger partial charge >= 0.3 is 11.9 Å². The van der Waals surface area contributed by atoms with Crippen molar-refractivity contribution < 1.29 is 28.2 Å². The number of ketones is 1. The first-order valence-electron chi connectivity index (χ1n) is 7.89. The zero-order valence-electron chi connectivity index (χ0n) is 13.9. The van der Waals surface area contributed by atoms with Gasteiger partial charge in [-0.3, -0.25) is 14.4 Å². The zero-order valence-corrected chi connectivity index (χ0v) is 13.9. The van der Waals surface area contributed by atoms with E-state index in [9.17, 15) is 18.8 Å². The fourth-order valence-corrected chi connectivity index (χ4v) is 3.31. The molecule has 1 aliphatic rings. The van der Waals surface area contributed by atoms with Crippen LogP contribution in [0.3, 0.4) is 0 Å². The van der Waals surface area contributed by atoms with Crippen LogP contribution in [0.15, 0.2) is 18.2 Å². The summed E-state index contributed by atoms with van der Waals surface area (Å²) in [5.74, 6) is -1.50. The SMILES string of the molecule is COC(=O)CCC[C@@]1(CC(=O)OC)CCc2c(F)cccc2C1=O. The van der Waals surface area contributed by atoms with Crippen LogP contribution in [-0.2, 0) is 25.5 Å². The van der Waals surface area contributed by atoms with Gasteiger partial charge in [0.15, 0.2) is 5.78 Å². The van der Waals surface area contributed by atoms with Gasteiger partial charge in [-0.25, -0.2) is 4.39 Å². The van der Waals surface area contributed by atoms with Crippen molar-refractivity contribution >= 4 is 17.7 Å². The summed E-state index contributed by atoms with van der Waals surface area (Å²) >= 11 is 0. The van der Waals surface area contributed by atoms with E-state index in [4.69, 9.17) is 4.74 Å². The van der Waals surface area contributed by atoms with Crippen LogP contribution in [-0.4, -0.2) is 31.9 Å². The molecule has 1 aromatic carbocycles. The molecule has 0 spiro atoms. The Morgan fingerprint density at radius 2 is 1.92 bits per heavy atom. The second kappa shape index (κ2) is 7.55. The van der Waals surface area contributed by atoms with E-state index >= 15 is 0 Å². The number of methoxy groups -OCH3 is 2. The van der Waals surface area contributed by atoms with E-state index in [1.54, 1.807) is 6.07 Å². The van der Waals surface area contributed by atoms with E-state index in [0.29, 0.717) is 36.8 Å². The smallest absolute Gasteiger partial charge is 0.306 e. The molecule has 6 heteroatoms. The number of rotatable bonds is 6. The average Bonchev–Trinajstić information content (AvgIpc) is 2.58. The fourth-order valence-electron chi connectivity index (χ4n) is 3.31. The molecule has 0 radical (unpaired) electrons. The van der Waals surface area contributed by atoms with Crippen molar-refractivity contribution in [2.75, 3.05) is 14.2 Å². The Balaban J connectivity index is 2.28. The van der Waals surface area contributed by atoms with Crippen molar-refractivity contribution in [2.45, 2.75) is 38.5 Å². The lowest BCUT2D eigenvalue weighted by Crippen LogP contribution is -2.39. The second-order valence-electron chi connectivity index (χ2n) is 6.06. The molecule has 0 N–H and O–H groups in total. The minimum Gasteiger partial charge on any atom is -0.469 e. The molecule has 24 heavy (non-hydrogen) atoms. The summed E-state index contributed by atoms with van der Waals surface area (Å²) in [5, 5.41) is 0. The highest BCUT2D eigenvalue weighted by molar-refractivity contribution is 6.04. The molecule has 0 fully saturated rings. The van der Waals surface area contributed by atoms with Gasteiger partial charge < -0.3 is 9.47 Å². The Kier molecular flexibility index (Phi) is 5.70. The van der Waals surface area contributed by atoms with Gasteiger partial charge in [-0.2, -0.15) is 0 Å². The minimum atomic E-state index is -0.956. The molecule has 0 aliphatic heterocycles. The summed E-state index contributed by atoms with van der Waals surface area (Å²) in [6, 6.07) is 4.41. The maximum atomic E-state index is 13.9. The van der Waals surface area contributed by atoms with Gasteiger partial charge in [-0.15, -0.1) is 0 Å². The first kappa shape index (κ1) is 18.1. The second-order valence-corrected chi connectivity index (χ2v) is 6.06. The topological polar surface area (TPSA) is 69.7 Å². The number of esters is 2. The van der Waals surface area contributed by atoms with E-state index in [1.165, 1.54) is 26.4 Å². The summed E-state index contributed by atoms with van der Waals surface area (Å²) in [6.45, 7) is 0. The maximum Gasteiger partial charge on any atom is 0.306 e. The molecule has 0 saturated heterocycles. The first-order valence-corrected chi connectivity index (χ1v) is 7.89. The summed E-state index contributed by atoms with van der Waals surface area (Å²) in [6.07, 6.45) is 1.60. The predicted molar refractivity (Wildman–Crippen MR) is 84.0 cm³/mol. The highest BCUT2D eigenvalue weighted by atomic mass is 19.1. The van der Waals surface area contributed by atoms with Crippen LogP contribution in [0.4, 0.5) is 4.39 Å². The normalized spacial score (nSPS) is 19.5. The quantitative estimate of drug-likeness (QED) is 0.747. The van der Waals surface area contributed by atoms with E-state index in [-0.39, 0.29) is 24.6 Å². The molecule has 1 aliphatic carbocycles. The molecule has 2 rings (SSSR count). The third-order valence-corrected chi connectivity index (χ3v) is 4.67. The first-order chi connectivity index (χ1) is 11.4. The van der Waals surface area contributed by atoms with Crippen LogP contribution in [0, 0.1) is 11.2 Å². The highest BCUT2D eigenvalue weighted by Crippen LogP contribution is 2.43. The van der Waals surface area contributed by atoms with E-state index in [2.05, 4.69) is 4.74 Å². The number of hydrogen-bond donors (Lipinski definition) is 0. The van der Waals surface area contributed by atoms with E-state index in [0.717, 1.165) is 0 Å². The Morgan fingerprint density at radius 3 is 2.58 bits per heavy atom. The number of fused-ring (bicyclic) bond motifs is 1. The summed E-state index contributed by atoms with van der Waals surface area (Å²) < 4.78 is 23.3. The predicted octanol–water partition coefficient (Wildman–Crippen LogP) is 2.85. The van der Waals surface area contributed by atoms with Gasteiger partial charge in [-0.05, 0) is 37.3 Å². The van der Waals surface area contributed by atoms with Crippen LogP contribution in [0.2, 0.25) is 0 Å².